The highest BCUT2D eigenvalue weighted by molar-refractivity contribution is 5.36. The summed E-state index contributed by atoms with van der Waals surface area (Å²) in [6, 6.07) is 10.3. The van der Waals surface area contributed by atoms with Gasteiger partial charge in [-0.1, -0.05) is 30.3 Å². The quantitative estimate of drug-likeness (QED) is 0.918. The predicted molar refractivity (Wildman–Crippen MR) is 77.2 cm³/mol. The molecule has 0 saturated heterocycles. The van der Waals surface area contributed by atoms with E-state index in [9.17, 15) is 8.78 Å². The highest BCUT2D eigenvalue weighted by Crippen LogP contribution is 2.33. The third kappa shape index (κ3) is 2.51. The maximum absolute atomic E-state index is 14.1. The molecule has 0 saturated carbocycles. The fraction of sp³-hybridized carbons (Fsp3) is 0.294. The molecular weight excluding hydrogens is 272 g/mol. The van der Waals surface area contributed by atoms with Crippen LogP contribution >= 0.6 is 0 Å². The van der Waals surface area contributed by atoms with Crippen LogP contribution in [0.3, 0.4) is 0 Å². The van der Waals surface area contributed by atoms with Gasteiger partial charge >= 0.3 is 0 Å². The van der Waals surface area contributed by atoms with Crippen LogP contribution in [0, 0.1) is 24.5 Å². The summed E-state index contributed by atoms with van der Waals surface area (Å²) in [6.07, 6.45) is 0.701. The van der Waals surface area contributed by atoms with E-state index in [1.807, 2.05) is 24.3 Å². The lowest BCUT2D eigenvalue weighted by atomic mass is 9.86. The highest BCUT2D eigenvalue weighted by atomic mass is 19.2. The molecular formula is C17H17F2NO. The van der Waals surface area contributed by atoms with Gasteiger partial charge in [-0.3, -0.25) is 0 Å². The Morgan fingerprint density at radius 1 is 1.14 bits per heavy atom. The first-order valence-corrected chi connectivity index (χ1v) is 6.98. The van der Waals surface area contributed by atoms with E-state index < -0.39 is 17.7 Å². The zero-order valence-corrected chi connectivity index (χ0v) is 11.8. The van der Waals surface area contributed by atoms with E-state index in [0.717, 1.165) is 11.3 Å². The maximum atomic E-state index is 14.1. The largest absolute Gasteiger partial charge is 0.493 e. The molecule has 21 heavy (non-hydrogen) atoms. The van der Waals surface area contributed by atoms with Gasteiger partial charge in [0.25, 0.3) is 0 Å². The first kappa shape index (κ1) is 14.0. The number of rotatable bonds is 2. The minimum absolute atomic E-state index is 0.0727. The summed E-state index contributed by atoms with van der Waals surface area (Å²) in [5.74, 6) is -0.894. The molecule has 2 aromatic rings. The second kappa shape index (κ2) is 5.45. The number of hydrogen-bond donors (Lipinski definition) is 1. The van der Waals surface area contributed by atoms with Gasteiger partial charge in [0.15, 0.2) is 11.6 Å². The van der Waals surface area contributed by atoms with Crippen LogP contribution in [0.1, 0.15) is 22.7 Å². The molecule has 0 fully saturated rings. The van der Waals surface area contributed by atoms with Crippen molar-refractivity contribution in [3.63, 3.8) is 0 Å². The molecule has 1 heterocycles. The minimum Gasteiger partial charge on any atom is -0.493 e. The Morgan fingerprint density at radius 3 is 2.71 bits per heavy atom. The first-order chi connectivity index (χ1) is 10.1. The molecule has 0 amide bonds. The number of aryl methyl sites for hydroxylation is 1. The van der Waals surface area contributed by atoms with Crippen molar-refractivity contribution in [2.24, 2.45) is 11.7 Å². The second-order valence-electron chi connectivity index (χ2n) is 5.51. The van der Waals surface area contributed by atoms with Gasteiger partial charge in [0.05, 0.1) is 6.61 Å². The van der Waals surface area contributed by atoms with Gasteiger partial charge in [-0.15, -0.1) is 0 Å². The van der Waals surface area contributed by atoms with Crippen molar-refractivity contribution in [3.05, 3.63) is 64.7 Å². The molecule has 2 N–H and O–H groups in total. The molecule has 110 valence electrons. The summed E-state index contributed by atoms with van der Waals surface area (Å²) in [6.45, 7) is 1.95. The van der Waals surface area contributed by atoms with Gasteiger partial charge in [-0.25, -0.2) is 8.78 Å². The van der Waals surface area contributed by atoms with Crippen LogP contribution in [0.5, 0.6) is 5.75 Å². The lowest BCUT2D eigenvalue weighted by Gasteiger charge is -2.30. The van der Waals surface area contributed by atoms with E-state index in [0.29, 0.717) is 13.0 Å². The average Bonchev–Trinajstić information content (AvgIpc) is 2.52. The molecule has 2 aromatic carbocycles. The van der Waals surface area contributed by atoms with Gasteiger partial charge in [0, 0.05) is 17.5 Å². The first-order valence-electron chi connectivity index (χ1n) is 6.98. The lowest BCUT2D eigenvalue weighted by Crippen LogP contribution is -2.32. The molecule has 2 unspecified atom stereocenters. The molecule has 0 bridgehead atoms. The monoisotopic (exact) mass is 289 g/mol. The van der Waals surface area contributed by atoms with Gasteiger partial charge in [0.1, 0.15) is 5.75 Å². The molecule has 1 aliphatic rings. The molecule has 0 radical (unpaired) electrons. The smallest absolute Gasteiger partial charge is 0.163 e. The Bertz CT molecular complexity index is 672. The lowest BCUT2D eigenvalue weighted by molar-refractivity contribution is 0.198. The standard InChI is InChI=1S/C17H17F2NO/c1-10-6-7-13(16(19)15(10)18)17(20)12-8-11-4-2-3-5-14(11)21-9-12/h2-7,12,17H,8-9,20H2,1H3. The fourth-order valence-corrected chi connectivity index (χ4v) is 2.75. The molecule has 0 spiro atoms. The Balaban J connectivity index is 1.87. The summed E-state index contributed by atoms with van der Waals surface area (Å²) in [5.41, 5.74) is 7.71. The Morgan fingerprint density at radius 2 is 1.90 bits per heavy atom. The number of halogens is 2. The van der Waals surface area contributed by atoms with E-state index in [-0.39, 0.29) is 17.0 Å². The molecule has 0 aromatic heterocycles. The fourth-order valence-electron chi connectivity index (χ4n) is 2.75. The normalized spacial score (nSPS) is 18.8. The number of benzene rings is 2. The van der Waals surface area contributed by atoms with Gasteiger partial charge in [0.2, 0.25) is 0 Å². The van der Waals surface area contributed by atoms with Crippen molar-refractivity contribution in [1.82, 2.24) is 0 Å². The Labute approximate surface area is 122 Å². The third-order valence-electron chi connectivity index (χ3n) is 4.08. The number of hydrogen-bond acceptors (Lipinski definition) is 2. The van der Waals surface area contributed by atoms with Crippen LogP contribution in [-0.4, -0.2) is 6.61 Å². The van der Waals surface area contributed by atoms with Crippen LogP contribution in [0.2, 0.25) is 0 Å². The van der Waals surface area contributed by atoms with Gasteiger partial charge in [-0.2, -0.15) is 0 Å². The number of para-hydroxylation sites is 1. The topological polar surface area (TPSA) is 35.2 Å². The van der Waals surface area contributed by atoms with Crippen molar-refractivity contribution < 1.29 is 13.5 Å². The van der Waals surface area contributed by atoms with Crippen LogP contribution in [0.15, 0.2) is 36.4 Å². The zero-order valence-electron chi connectivity index (χ0n) is 11.8. The van der Waals surface area contributed by atoms with Gasteiger partial charge < -0.3 is 10.5 Å². The minimum atomic E-state index is -0.846. The van der Waals surface area contributed by atoms with Gasteiger partial charge in [-0.05, 0) is 30.5 Å². The summed E-state index contributed by atoms with van der Waals surface area (Å²) >= 11 is 0. The molecule has 2 atom stereocenters. The zero-order chi connectivity index (χ0) is 15.0. The van der Waals surface area contributed by atoms with Crippen LogP contribution < -0.4 is 10.5 Å². The summed E-state index contributed by atoms with van der Waals surface area (Å²) in [7, 11) is 0. The average molecular weight is 289 g/mol. The second-order valence-corrected chi connectivity index (χ2v) is 5.51. The van der Waals surface area contributed by atoms with E-state index in [4.69, 9.17) is 10.5 Å². The van der Waals surface area contributed by atoms with Crippen molar-refractivity contribution in [3.8, 4) is 5.75 Å². The van der Waals surface area contributed by atoms with E-state index in [1.165, 1.54) is 6.92 Å². The summed E-state index contributed by atoms with van der Waals surface area (Å²) in [4.78, 5) is 0. The van der Waals surface area contributed by atoms with Crippen molar-refractivity contribution >= 4 is 0 Å². The predicted octanol–water partition coefficient (Wildman–Crippen LogP) is 3.52. The highest BCUT2D eigenvalue weighted by Gasteiger charge is 2.28. The SMILES string of the molecule is Cc1ccc(C(N)C2COc3ccccc3C2)c(F)c1F. The van der Waals surface area contributed by atoms with E-state index in [1.54, 1.807) is 12.1 Å². The molecule has 0 aliphatic carbocycles. The molecule has 3 rings (SSSR count). The molecule has 1 aliphatic heterocycles. The van der Waals surface area contributed by atoms with E-state index in [2.05, 4.69) is 0 Å². The van der Waals surface area contributed by atoms with E-state index >= 15 is 0 Å². The van der Waals surface area contributed by atoms with Crippen molar-refractivity contribution in [2.45, 2.75) is 19.4 Å². The van der Waals surface area contributed by atoms with Crippen molar-refractivity contribution in [1.29, 1.82) is 0 Å². The van der Waals surface area contributed by atoms with Crippen molar-refractivity contribution in [2.75, 3.05) is 6.61 Å². The Kier molecular flexibility index (Phi) is 3.64. The molecule has 2 nitrogen and oxygen atoms in total. The van der Waals surface area contributed by atoms with Crippen LogP contribution in [0.25, 0.3) is 0 Å². The molecule has 4 heteroatoms. The maximum Gasteiger partial charge on any atom is 0.163 e. The van der Waals surface area contributed by atoms with Crippen LogP contribution in [-0.2, 0) is 6.42 Å². The number of ether oxygens (including phenoxy) is 1. The number of fused-ring (bicyclic) bond motifs is 1. The summed E-state index contributed by atoms with van der Waals surface area (Å²) in [5, 5.41) is 0. The van der Waals surface area contributed by atoms with Crippen LogP contribution in [0.4, 0.5) is 8.78 Å². The summed E-state index contributed by atoms with van der Waals surface area (Å²) < 4.78 is 33.4. The third-order valence-corrected chi connectivity index (χ3v) is 4.08. The Hall–Kier alpha value is -1.94. The number of nitrogens with two attached hydrogens (primary N) is 1.